The third kappa shape index (κ3) is 4.25. The summed E-state index contributed by atoms with van der Waals surface area (Å²) in [4.78, 5) is 10.8. The normalized spacial score (nSPS) is 12.6. The number of ether oxygens (including phenoxy) is 2. The lowest BCUT2D eigenvalue weighted by Crippen LogP contribution is -2.24. The van der Waals surface area contributed by atoms with E-state index in [4.69, 9.17) is 9.84 Å². The van der Waals surface area contributed by atoms with Gasteiger partial charge in [0.1, 0.15) is 0 Å². The molecule has 0 spiro atoms. The van der Waals surface area contributed by atoms with Crippen LogP contribution in [0.3, 0.4) is 0 Å². The Bertz CT molecular complexity index is 345. The maximum absolute atomic E-state index is 10.8. The SMILES string of the molecule is COC(=O)C(O)OC/C=C/c1ccccc1. The predicted octanol–water partition coefficient (Wildman–Crippen LogP) is 1.21. The number of carbonyl (C=O) groups is 1. The Kier molecular flexibility index (Phi) is 5.25. The van der Waals surface area contributed by atoms with E-state index < -0.39 is 12.3 Å². The fourth-order valence-corrected chi connectivity index (χ4v) is 1.06. The Morgan fingerprint density at radius 1 is 1.44 bits per heavy atom. The number of aliphatic hydroxyl groups is 1. The van der Waals surface area contributed by atoms with Gasteiger partial charge in [0.25, 0.3) is 6.29 Å². The maximum Gasteiger partial charge on any atom is 0.363 e. The van der Waals surface area contributed by atoms with Crippen LogP contribution in [0.2, 0.25) is 0 Å². The summed E-state index contributed by atoms with van der Waals surface area (Å²) in [5.74, 6) is -0.798. The zero-order valence-corrected chi connectivity index (χ0v) is 9.00. The van der Waals surface area contributed by atoms with Gasteiger partial charge in [-0.25, -0.2) is 4.79 Å². The zero-order chi connectivity index (χ0) is 11.8. The van der Waals surface area contributed by atoms with E-state index in [0.29, 0.717) is 0 Å². The Morgan fingerprint density at radius 3 is 2.75 bits per heavy atom. The van der Waals surface area contributed by atoms with Crippen LogP contribution in [0.5, 0.6) is 0 Å². The summed E-state index contributed by atoms with van der Waals surface area (Å²) in [6.07, 6.45) is 2.02. The van der Waals surface area contributed by atoms with Crippen molar-refractivity contribution in [2.45, 2.75) is 6.29 Å². The molecule has 16 heavy (non-hydrogen) atoms. The molecule has 0 fully saturated rings. The molecule has 1 atom stereocenters. The first-order chi connectivity index (χ1) is 7.74. The minimum Gasteiger partial charge on any atom is -0.465 e. The molecule has 0 saturated carbocycles. The van der Waals surface area contributed by atoms with Gasteiger partial charge >= 0.3 is 5.97 Å². The molecular weight excluding hydrogens is 208 g/mol. The standard InChI is InChI=1S/C12H14O4/c1-15-11(13)12(14)16-9-5-8-10-6-3-2-4-7-10/h2-8,12,14H,9H2,1H3/b8-5+. The number of carbonyl (C=O) groups excluding carboxylic acids is 1. The van der Waals surface area contributed by atoms with Crippen molar-refractivity contribution in [1.29, 1.82) is 0 Å². The lowest BCUT2D eigenvalue weighted by molar-refractivity contribution is -0.177. The summed E-state index contributed by atoms with van der Waals surface area (Å²) in [6, 6.07) is 9.64. The second kappa shape index (κ2) is 6.76. The molecule has 0 heterocycles. The van der Waals surface area contributed by atoms with Gasteiger partial charge in [0.15, 0.2) is 0 Å². The molecule has 0 aromatic heterocycles. The topological polar surface area (TPSA) is 55.8 Å². The highest BCUT2D eigenvalue weighted by Gasteiger charge is 2.14. The molecule has 0 aliphatic rings. The van der Waals surface area contributed by atoms with Gasteiger partial charge in [-0.3, -0.25) is 0 Å². The van der Waals surface area contributed by atoms with Gasteiger partial charge < -0.3 is 14.6 Å². The quantitative estimate of drug-likeness (QED) is 0.601. The highest BCUT2D eigenvalue weighted by molar-refractivity contribution is 5.72. The van der Waals surface area contributed by atoms with Crippen molar-refractivity contribution >= 4 is 12.0 Å². The average molecular weight is 222 g/mol. The number of methoxy groups -OCH3 is 1. The molecule has 1 aromatic rings. The highest BCUT2D eigenvalue weighted by atomic mass is 16.6. The summed E-state index contributed by atoms with van der Waals surface area (Å²) >= 11 is 0. The molecule has 0 saturated heterocycles. The second-order valence-corrected chi connectivity index (χ2v) is 3.02. The van der Waals surface area contributed by atoms with Crippen LogP contribution in [0.4, 0.5) is 0 Å². The second-order valence-electron chi connectivity index (χ2n) is 3.02. The molecule has 1 N–H and O–H groups in total. The van der Waals surface area contributed by atoms with Gasteiger partial charge in [0.2, 0.25) is 0 Å². The summed E-state index contributed by atoms with van der Waals surface area (Å²) in [7, 11) is 1.19. The van der Waals surface area contributed by atoms with E-state index in [2.05, 4.69) is 4.74 Å². The molecule has 0 amide bonds. The van der Waals surface area contributed by atoms with Crippen LogP contribution >= 0.6 is 0 Å². The Morgan fingerprint density at radius 2 is 2.12 bits per heavy atom. The minimum absolute atomic E-state index is 0.144. The van der Waals surface area contributed by atoms with Crippen LogP contribution in [0, 0.1) is 0 Å². The van der Waals surface area contributed by atoms with E-state index in [1.165, 1.54) is 7.11 Å². The van der Waals surface area contributed by atoms with E-state index in [-0.39, 0.29) is 6.61 Å². The van der Waals surface area contributed by atoms with Gasteiger partial charge in [-0.15, -0.1) is 0 Å². The van der Waals surface area contributed by atoms with E-state index in [1.807, 2.05) is 36.4 Å². The first-order valence-corrected chi connectivity index (χ1v) is 4.83. The molecule has 1 unspecified atom stereocenters. The summed E-state index contributed by atoms with van der Waals surface area (Å²) in [5.41, 5.74) is 1.03. The number of hydrogen-bond donors (Lipinski definition) is 1. The molecule has 1 rings (SSSR count). The molecule has 0 radical (unpaired) electrons. The van der Waals surface area contributed by atoms with Crippen molar-refractivity contribution in [3.05, 3.63) is 42.0 Å². The van der Waals surface area contributed by atoms with Gasteiger partial charge in [-0.05, 0) is 5.56 Å². The molecule has 1 aromatic carbocycles. The fraction of sp³-hybridized carbons (Fsp3) is 0.250. The van der Waals surface area contributed by atoms with Crippen LogP contribution < -0.4 is 0 Å². The average Bonchev–Trinajstić information content (AvgIpc) is 2.34. The Hall–Kier alpha value is -1.65. The minimum atomic E-state index is -1.52. The van der Waals surface area contributed by atoms with E-state index in [0.717, 1.165) is 5.56 Å². The van der Waals surface area contributed by atoms with Gasteiger partial charge in [-0.2, -0.15) is 0 Å². The molecule has 0 bridgehead atoms. The van der Waals surface area contributed by atoms with Crippen molar-refractivity contribution in [3.63, 3.8) is 0 Å². The molecule has 0 aliphatic carbocycles. The van der Waals surface area contributed by atoms with Crippen LogP contribution in [0.1, 0.15) is 5.56 Å². The van der Waals surface area contributed by atoms with Gasteiger partial charge in [-0.1, -0.05) is 42.5 Å². The summed E-state index contributed by atoms with van der Waals surface area (Å²) in [6.45, 7) is 0.144. The van der Waals surface area contributed by atoms with Crippen molar-refractivity contribution < 1.29 is 19.4 Å². The third-order valence-corrected chi connectivity index (χ3v) is 1.86. The third-order valence-electron chi connectivity index (χ3n) is 1.86. The predicted molar refractivity (Wildman–Crippen MR) is 59.5 cm³/mol. The smallest absolute Gasteiger partial charge is 0.363 e. The summed E-state index contributed by atoms with van der Waals surface area (Å²) < 4.78 is 9.10. The number of aliphatic hydroxyl groups excluding tert-OH is 1. The van der Waals surface area contributed by atoms with Crippen molar-refractivity contribution in [2.75, 3.05) is 13.7 Å². The molecule has 4 heteroatoms. The van der Waals surface area contributed by atoms with Crippen LogP contribution in [-0.4, -0.2) is 31.1 Å². The molecular formula is C12H14O4. The monoisotopic (exact) mass is 222 g/mol. The lowest BCUT2D eigenvalue weighted by Gasteiger charge is -2.06. The fourth-order valence-electron chi connectivity index (χ4n) is 1.06. The summed E-state index contributed by atoms with van der Waals surface area (Å²) in [5, 5.41) is 9.08. The first-order valence-electron chi connectivity index (χ1n) is 4.83. The van der Waals surface area contributed by atoms with Gasteiger partial charge in [0.05, 0.1) is 13.7 Å². The zero-order valence-electron chi connectivity index (χ0n) is 9.00. The molecule has 86 valence electrons. The van der Waals surface area contributed by atoms with Crippen LogP contribution in [0.15, 0.2) is 36.4 Å². The number of hydrogen-bond acceptors (Lipinski definition) is 4. The number of rotatable bonds is 5. The van der Waals surface area contributed by atoms with Crippen LogP contribution in [0.25, 0.3) is 6.08 Å². The molecule has 0 aliphatic heterocycles. The number of esters is 1. The maximum atomic E-state index is 10.8. The first kappa shape index (κ1) is 12.4. The highest BCUT2D eigenvalue weighted by Crippen LogP contribution is 2.01. The number of benzene rings is 1. The van der Waals surface area contributed by atoms with E-state index in [1.54, 1.807) is 6.08 Å². The van der Waals surface area contributed by atoms with E-state index in [9.17, 15) is 4.79 Å². The van der Waals surface area contributed by atoms with Crippen LogP contribution in [-0.2, 0) is 14.3 Å². The van der Waals surface area contributed by atoms with Gasteiger partial charge in [0, 0.05) is 0 Å². The van der Waals surface area contributed by atoms with Crippen molar-refractivity contribution in [1.82, 2.24) is 0 Å². The van der Waals surface area contributed by atoms with Crippen molar-refractivity contribution in [2.24, 2.45) is 0 Å². The van der Waals surface area contributed by atoms with Crippen molar-refractivity contribution in [3.8, 4) is 0 Å². The molecule has 4 nitrogen and oxygen atoms in total. The Balaban J connectivity index is 2.31. The lowest BCUT2D eigenvalue weighted by atomic mass is 10.2. The largest absolute Gasteiger partial charge is 0.465 e. The van der Waals surface area contributed by atoms with E-state index >= 15 is 0 Å². The Labute approximate surface area is 94.1 Å².